The Morgan fingerprint density at radius 1 is 1.35 bits per heavy atom. The van der Waals surface area contributed by atoms with Crippen LogP contribution in [0.15, 0.2) is 18.3 Å². The largest absolute Gasteiger partial charge is 0.477 e. The van der Waals surface area contributed by atoms with Crippen LogP contribution in [0, 0.1) is 5.92 Å². The predicted molar refractivity (Wildman–Crippen MR) is 71.3 cm³/mol. The van der Waals surface area contributed by atoms with E-state index in [9.17, 15) is 0 Å². The highest BCUT2D eigenvalue weighted by Gasteiger charge is 2.12. The zero-order valence-electron chi connectivity index (χ0n) is 11.4. The van der Waals surface area contributed by atoms with Gasteiger partial charge < -0.3 is 10.1 Å². The van der Waals surface area contributed by atoms with Gasteiger partial charge in [0.15, 0.2) is 0 Å². The fraction of sp³-hybridized carbons (Fsp3) is 0.643. The van der Waals surface area contributed by atoms with Gasteiger partial charge in [0, 0.05) is 17.8 Å². The van der Waals surface area contributed by atoms with E-state index in [0.717, 1.165) is 30.9 Å². The lowest BCUT2D eigenvalue weighted by atomic mass is 10.1. The molecule has 0 aliphatic rings. The first-order valence-corrected chi connectivity index (χ1v) is 6.47. The van der Waals surface area contributed by atoms with Crippen molar-refractivity contribution in [3.8, 4) is 5.88 Å². The molecule has 0 aromatic carbocycles. The van der Waals surface area contributed by atoms with Crippen LogP contribution in [0.2, 0.25) is 0 Å². The third-order valence-electron chi connectivity index (χ3n) is 3.31. The first-order valence-electron chi connectivity index (χ1n) is 6.47. The Morgan fingerprint density at radius 3 is 2.65 bits per heavy atom. The van der Waals surface area contributed by atoms with Crippen LogP contribution in [0.25, 0.3) is 0 Å². The second-order valence-electron chi connectivity index (χ2n) is 4.40. The van der Waals surface area contributed by atoms with Crippen molar-refractivity contribution in [2.24, 2.45) is 5.92 Å². The van der Waals surface area contributed by atoms with Crippen molar-refractivity contribution in [1.82, 2.24) is 10.3 Å². The van der Waals surface area contributed by atoms with E-state index in [2.05, 4.69) is 37.1 Å². The van der Waals surface area contributed by atoms with Crippen LogP contribution in [0.1, 0.15) is 45.2 Å². The van der Waals surface area contributed by atoms with E-state index in [4.69, 9.17) is 4.74 Å². The molecule has 3 heteroatoms. The molecule has 1 aromatic heterocycles. The molecule has 1 rings (SSSR count). The highest BCUT2D eigenvalue weighted by atomic mass is 16.5. The Hall–Kier alpha value is -1.09. The average Bonchev–Trinajstić information content (AvgIpc) is 2.39. The van der Waals surface area contributed by atoms with Gasteiger partial charge in [0.1, 0.15) is 0 Å². The van der Waals surface area contributed by atoms with Gasteiger partial charge >= 0.3 is 0 Å². The van der Waals surface area contributed by atoms with Crippen molar-refractivity contribution < 1.29 is 4.74 Å². The van der Waals surface area contributed by atoms with Gasteiger partial charge in [0.2, 0.25) is 5.88 Å². The average molecular weight is 236 g/mol. The van der Waals surface area contributed by atoms with E-state index in [1.165, 1.54) is 0 Å². The summed E-state index contributed by atoms with van der Waals surface area (Å²) in [5, 5.41) is 3.22. The Labute approximate surface area is 105 Å². The molecular formula is C14H24N2O. The maximum atomic E-state index is 5.85. The zero-order valence-corrected chi connectivity index (χ0v) is 11.4. The molecule has 3 nitrogen and oxygen atoms in total. The molecule has 0 amide bonds. The minimum Gasteiger partial charge on any atom is -0.477 e. The summed E-state index contributed by atoms with van der Waals surface area (Å²) in [6.45, 7) is 7.27. The van der Waals surface area contributed by atoms with Gasteiger partial charge in [0.05, 0.1) is 6.61 Å². The molecule has 1 heterocycles. The number of hydrogen-bond donors (Lipinski definition) is 1. The monoisotopic (exact) mass is 236 g/mol. The van der Waals surface area contributed by atoms with Crippen molar-refractivity contribution in [3.05, 3.63) is 23.9 Å². The summed E-state index contributed by atoms with van der Waals surface area (Å²) in [5.74, 6) is 1.39. The smallest absolute Gasteiger partial charge is 0.218 e. The lowest BCUT2D eigenvalue weighted by molar-refractivity contribution is 0.229. The maximum absolute atomic E-state index is 5.85. The summed E-state index contributed by atoms with van der Waals surface area (Å²) in [6, 6.07) is 4.28. The molecular weight excluding hydrogens is 212 g/mol. The highest BCUT2D eigenvalue weighted by Crippen LogP contribution is 2.22. The van der Waals surface area contributed by atoms with Crippen LogP contribution in [0.3, 0.4) is 0 Å². The van der Waals surface area contributed by atoms with E-state index in [1.807, 2.05) is 13.1 Å². The van der Waals surface area contributed by atoms with Crippen LogP contribution in [0.5, 0.6) is 5.88 Å². The molecule has 0 saturated heterocycles. The molecule has 1 atom stereocenters. The molecule has 0 saturated carbocycles. The van der Waals surface area contributed by atoms with E-state index in [0.29, 0.717) is 5.92 Å². The van der Waals surface area contributed by atoms with Crippen molar-refractivity contribution in [1.29, 1.82) is 0 Å². The molecule has 17 heavy (non-hydrogen) atoms. The lowest BCUT2D eigenvalue weighted by Gasteiger charge is -2.18. The van der Waals surface area contributed by atoms with Crippen LogP contribution in [-0.2, 0) is 0 Å². The topological polar surface area (TPSA) is 34.1 Å². The lowest BCUT2D eigenvalue weighted by Crippen LogP contribution is -2.16. The molecule has 0 aliphatic heterocycles. The van der Waals surface area contributed by atoms with Crippen LogP contribution >= 0.6 is 0 Å². The number of rotatable bonds is 7. The van der Waals surface area contributed by atoms with E-state index in [-0.39, 0.29) is 6.04 Å². The molecule has 0 aliphatic carbocycles. The Morgan fingerprint density at radius 2 is 2.06 bits per heavy atom. The fourth-order valence-corrected chi connectivity index (χ4v) is 1.73. The molecule has 1 N–H and O–H groups in total. The summed E-state index contributed by atoms with van der Waals surface area (Å²) in [7, 11) is 1.95. The summed E-state index contributed by atoms with van der Waals surface area (Å²) in [5.41, 5.74) is 1.13. The van der Waals surface area contributed by atoms with Crippen LogP contribution in [-0.4, -0.2) is 18.6 Å². The quantitative estimate of drug-likeness (QED) is 0.789. The van der Waals surface area contributed by atoms with E-state index in [1.54, 1.807) is 6.20 Å². The number of ether oxygens (including phenoxy) is 1. The second-order valence-corrected chi connectivity index (χ2v) is 4.40. The molecule has 1 aromatic rings. The third kappa shape index (κ3) is 4.00. The Balaban J connectivity index is 2.70. The van der Waals surface area contributed by atoms with Crippen molar-refractivity contribution >= 4 is 0 Å². The standard InChI is InChI=1S/C14H24N2O/c1-5-12(6-2)10-17-14-13(11(3)15-4)8-7-9-16-14/h7-9,11-12,15H,5-6,10H2,1-4H3. The molecule has 0 fully saturated rings. The SMILES string of the molecule is CCC(CC)COc1ncccc1C(C)NC. The van der Waals surface area contributed by atoms with E-state index < -0.39 is 0 Å². The van der Waals surface area contributed by atoms with Crippen molar-refractivity contribution in [2.45, 2.75) is 39.7 Å². The summed E-state index contributed by atoms with van der Waals surface area (Å²) in [6.07, 6.45) is 4.09. The molecule has 0 bridgehead atoms. The summed E-state index contributed by atoms with van der Waals surface area (Å²) in [4.78, 5) is 4.33. The second kappa shape index (κ2) is 7.28. The number of hydrogen-bond acceptors (Lipinski definition) is 3. The molecule has 0 radical (unpaired) electrons. The highest BCUT2D eigenvalue weighted by molar-refractivity contribution is 5.28. The van der Waals surface area contributed by atoms with Crippen molar-refractivity contribution in [2.75, 3.05) is 13.7 Å². The van der Waals surface area contributed by atoms with Gasteiger partial charge in [-0.05, 0) is 26.0 Å². The van der Waals surface area contributed by atoms with Gasteiger partial charge in [-0.25, -0.2) is 4.98 Å². The van der Waals surface area contributed by atoms with Crippen molar-refractivity contribution in [3.63, 3.8) is 0 Å². The van der Waals surface area contributed by atoms with Crippen LogP contribution < -0.4 is 10.1 Å². The fourth-order valence-electron chi connectivity index (χ4n) is 1.73. The normalized spacial score (nSPS) is 12.8. The zero-order chi connectivity index (χ0) is 12.7. The maximum Gasteiger partial charge on any atom is 0.218 e. The third-order valence-corrected chi connectivity index (χ3v) is 3.31. The van der Waals surface area contributed by atoms with Gasteiger partial charge in [-0.1, -0.05) is 32.8 Å². The minimum absolute atomic E-state index is 0.264. The van der Waals surface area contributed by atoms with Crippen LogP contribution in [0.4, 0.5) is 0 Å². The summed E-state index contributed by atoms with van der Waals surface area (Å²) >= 11 is 0. The Kier molecular flexibility index (Phi) is 5.98. The van der Waals surface area contributed by atoms with Gasteiger partial charge in [-0.15, -0.1) is 0 Å². The first kappa shape index (κ1) is 14.0. The number of pyridine rings is 1. The predicted octanol–water partition coefficient (Wildman–Crippen LogP) is 3.18. The van der Waals surface area contributed by atoms with E-state index >= 15 is 0 Å². The first-order chi connectivity index (χ1) is 8.22. The number of aromatic nitrogens is 1. The van der Waals surface area contributed by atoms with Gasteiger partial charge in [-0.3, -0.25) is 0 Å². The Bertz CT molecular complexity index is 324. The summed E-state index contributed by atoms with van der Waals surface area (Å²) < 4.78 is 5.85. The van der Waals surface area contributed by atoms with Gasteiger partial charge in [-0.2, -0.15) is 0 Å². The molecule has 0 spiro atoms. The van der Waals surface area contributed by atoms with Gasteiger partial charge in [0.25, 0.3) is 0 Å². The molecule has 96 valence electrons. The molecule has 1 unspecified atom stereocenters. The number of nitrogens with zero attached hydrogens (tertiary/aromatic N) is 1. The minimum atomic E-state index is 0.264. The number of nitrogens with one attached hydrogen (secondary N) is 1.